The number of carbonyl (C=O) groups excluding carboxylic acids is 3. The molecule has 0 aromatic heterocycles. The summed E-state index contributed by atoms with van der Waals surface area (Å²) in [5, 5.41) is 1.81. The summed E-state index contributed by atoms with van der Waals surface area (Å²) in [5.74, 6) is -2.54. The number of cyclic esters (lactones) is 1. The molecule has 6 nitrogen and oxygen atoms in total. The standard InChI is InChI=1S/C5H6N2O4/c6-3(8)2-1-11-5(10)7-4(2)9/h2H,1H2,(H2,6,8)(H,7,9,10). The Morgan fingerprint density at radius 1 is 1.64 bits per heavy atom. The van der Waals surface area contributed by atoms with Gasteiger partial charge in [0.2, 0.25) is 11.8 Å². The van der Waals surface area contributed by atoms with E-state index in [1.165, 1.54) is 0 Å². The zero-order valence-electron chi connectivity index (χ0n) is 5.49. The van der Waals surface area contributed by atoms with Gasteiger partial charge in [0.25, 0.3) is 0 Å². The summed E-state index contributed by atoms with van der Waals surface area (Å²) in [6.07, 6.45) is -0.840. The van der Waals surface area contributed by atoms with Crippen LogP contribution in [-0.2, 0) is 14.3 Å². The van der Waals surface area contributed by atoms with Gasteiger partial charge >= 0.3 is 6.09 Å². The van der Waals surface area contributed by atoms with Gasteiger partial charge < -0.3 is 10.5 Å². The Balaban J connectivity index is 2.65. The topological polar surface area (TPSA) is 98.5 Å². The SMILES string of the molecule is NC(=O)C1COC(=O)NC1=O. The number of hydrogen-bond donors (Lipinski definition) is 2. The van der Waals surface area contributed by atoms with E-state index in [9.17, 15) is 14.4 Å². The van der Waals surface area contributed by atoms with Crippen LogP contribution in [0, 0.1) is 5.92 Å². The summed E-state index contributed by atoms with van der Waals surface area (Å²) >= 11 is 0. The van der Waals surface area contributed by atoms with E-state index in [1.807, 2.05) is 5.32 Å². The van der Waals surface area contributed by atoms with Crippen molar-refractivity contribution >= 4 is 17.9 Å². The number of imide groups is 1. The molecule has 1 aliphatic rings. The highest BCUT2D eigenvalue weighted by Gasteiger charge is 2.31. The molecule has 1 fully saturated rings. The highest BCUT2D eigenvalue weighted by molar-refractivity contribution is 6.06. The van der Waals surface area contributed by atoms with Crippen LogP contribution < -0.4 is 11.1 Å². The van der Waals surface area contributed by atoms with Gasteiger partial charge in [0, 0.05) is 0 Å². The smallest absolute Gasteiger partial charge is 0.413 e. The molecule has 0 saturated carbocycles. The minimum absolute atomic E-state index is 0.264. The first-order valence-electron chi connectivity index (χ1n) is 2.88. The lowest BCUT2D eigenvalue weighted by molar-refractivity contribution is -0.136. The highest BCUT2D eigenvalue weighted by atomic mass is 16.6. The van der Waals surface area contributed by atoms with Gasteiger partial charge in [-0.15, -0.1) is 0 Å². The molecule has 1 aliphatic heterocycles. The van der Waals surface area contributed by atoms with Gasteiger partial charge in [-0.1, -0.05) is 0 Å². The monoisotopic (exact) mass is 158 g/mol. The van der Waals surface area contributed by atoms with E-state index in [1.54, 1.807) is 0 Å². The normalized spacial score (nSPS) is 23.8. The van der Waals surface area contributed by atoms with E-state index in [0.717, 1.165) is 0 Å². The number of hydrogen-bond acceptors (Lipinski definition) is 4. The van der Waals surface area contributed by atoms with Crippen LogP contribution in [0.15, 0.2) is 0 Å². The first kappa shape index (κ1) is 7.52. The van der Waals surface area contributed by atoms with E-state index in [0.29, 0.717) is 0 Å². The molecule has 60 valence electrons. The summed E-state index contributed by atoms with van der Waals surface area (Å²) in [6, 6.07) is 0. The lowest BCUT2D eigenvalue weighted by atomic mass is 10.1. The van der Waals surface area contributed by atoms with E-state index in [-0.39, 0.29) is 6.61 Å². The number of ether oxygens (including phenoxy) is 1. The average molecular weight is 158 g/mol. The minimum Gasteiger partial charge on any atom is -0.448 e. The zero-order valence-corrected chi connectivity index (χ0v) is 5.49. The van der Waals surface area contributed by atoms with Crippen molar-refractivity contribution in [2.45, 2.75) is 0 Å². The second-order valence-corrected chi connectivity index (χ2v) is 2.04. The third kappa shape index (κ3) is 1.46. The molecule has 0 spiro atoms. The predicted molar refractivity (Wildman–Crippen MR) is 32.2 cm³/mol. The van der Waals surface area contributed by atoms with Gasteiger partial charge in [-0.25, -0.2) is 4.79 Å². The summed E-state index contributed by atoms with van der Waals surface area (Å²) in [6.45, 7) is -0.264. The number of carbonyl (C=O) groups is 3. The Hall–Kier alpha value is -1.59. The molecule has 0 aliphatic carbocycles. The van der Waals surface area contributed by atoms with Crippen molar-refractivity contribution in [3.63, 3.8) is 0 Å². The molecule has 1 heterocycles. The van der Waals surface area contributed by atoms with Crippen molar-refractivity contribution in [3.8, 4) is 0 Å². The van der Waals surface area contributed by atoms with Gasteiger partial charge in [0.05, 0.1) is 0 Å². The van der Waals surface area contributed by atoms with Crippen LogP contribution in [0.3, 0.4) is 0 Å². The molecule has 6 heteroatoms. The Bertz CT molecular complexity index is 225. The molecule has 1 atom stereocenters. The zero-order chi connectivity index (χ0) is 8.43. The van der Waals surface area contributed by atoms with Crippen molar-refractivity contribution < 1.29 is 19.1 Å². The van der Waals surface area contributed by atoms with Crippen LogP contribution in [0.5, 0.6) is 0 Å². The van der Waals surface area contributed by atoms with Gasteiger partial charge in [-0.3, -0.25) is 14.9 Å². The van der Waals surface area contributed by atoms with Crippen LogP contribution in [0.25, 0.3) is 0 Å². The Labute approximate surface area is 61.7 Å². The first-order valence-corrected chi connectivity index (χ1v) is 2.88. The molecular weight excluding hydrogens is 152 g/mol. The number of rotatable bonds is 1. The fourth-order valence-corrected chi connectivity index (χ4v) is 0.670. The third-order valence-electron chi connectivity index (χ3n) is 1.27. The summed E-state index contributed by atoms with van der Waals surface area (Å²) in [7, 11) is 0. The van der Waals surface area contributed by atoms with Gasteiger partial charge in [-0.2, -0.15) is 0 Å². The highest BCUT2D eigenvalue weighted by Crippen LogP contribution is 2.02. The number of nitrogens with one attached hydrogen (secondary N) is 1. The van der Waals surface area contributed by atoms with E-state index >= 15 is 0 Å². The Kier molecular flexibility index (Phi) is 1.75. The van der Waals surface area contributed by atoms with E-state index in [4.69, 9.17) is 5.73 Å². The summed E-state index contributed by atoms with van der Waals surface area (Å²) < 4.78 is 4.35. The van der Waals surface area contributed by atoms with E-state index in [2.05, 4.69) is 4.74 Å². The lowest BCUT2D eigenvalue weighted by Crippen LogP contribution is -2.49. The average Bonchev–Trinajstić information content (AvgIpc) is 1.85. The molecule has 3 amide bonds. The largest absolute Gasteiger partial charge is 0.448 e. The second-order valence-electron chi connectivity index (χ2n) is 2.04. The number of nitrogens with two attached hydrogens (primary N) is 1. The van der Waals surface area contributed by atoms with Gasteiger partial charge in [0.1, 0.15) is 6.61 Å². The predicted octanol–water partition coefficient (Wildman–Crippen LogP) is -1.65. The molecule has 1 rings (SSSR count). The van der Waals surface area contributed by atoms with E-state index < -0.39 is 23.8 Å². The van der Waals surface area contributed by atoms with Crippen LogP contribution in [-0.4, -0.2) is 24.5 Å². The van der Waals surface area contributed by atoms with Crippen LogP contribution in [0.1, 0.15) is 0 Å². The molecule has 0 aromatic rings. The maximum absolute atomic E-state index is 10.7. The molecule has 11 heavy (non-hydrogen) atoms. The molecule has 0 bridgehead atoms. The van der Waals surface area contributed by atoms with Crippen LogP contribution in [0.2, 0.25) is 0 Å². The summed E-state index contributed by atoms with van der Waals surface area (Å²) in [5.41, 5.74) is 4.81. The van der Waals surface area contributed by atoms with Crippen molar-refractivity contribution in [3.05, 3.63) is 0 Å². The van der Waals surface area contributed by atoms with Crippen LogP contribution >= 0.6 is 0 Å². The maximum atomic E-state index is 10.7. The third-order valence-corrected chi connectivity index (χ3v) is 1.27. The fourth-order valence-electron chi connectivity index (χ4n) is 0.670. The van der Waals surface area contributed by atoms with Gasteiger partial charge in [0.15, 0.2) is 5.92 Å². The summed E-state index contributed by atoms with van der Waals surface area (Å²) in [4.78, 5) is 31.5. The van der Waals surface area contributed by atoms with Crippen LogP contribution in [0.4, 0.5) is 4.79 Å². The fraction of sp³-hybridized carbons (Fsp3) is 0.400. The quantitative estimate of drug-likeness (QED) is 0.447. The van der Waals surface area contributed by atoms with Crippen molar-refractivity contribution in [1.82, 2.24) is 5.32 Å². The molecule has 3 N–H and O–H groups in total. The van der Waals surface area contributed by atoms with Gasteiger partial charge in [-0.05, 0) is 0 Å². The molecule has 1 unspecified atom stereocenters. The second kappa shape index (κ2) is 2.57. The Morgan fingerprint density at radius 3 is 2.73 bits per heavy atom. The number of primary amides is 1. The molecular formula is C5H6N2O4. The molecule has 0 aromatic carbocycles. The van der Waals surface area contributed by atoms with Crippen molar-refractivity contribution in [1.29, 1.82) is 0 Å². The lowest BCUT2D eigenvalue weighted by Gasteiger charge is -2.17. The van der Waals surface area contributed by atoms with Crippen molar-refractivity contribution in [2.75, 3.05) is 6.61 Å². The van der Waals surface area contributed by atoms with Crippen molar-refractivity contribution in [2.24, 2.45) is 11.7 Å². The molecule has 1 saturated heterocycles. The number of alkyl carbamates (subject to hydrolysis) is 1. The minimum atomic E-state index is -1.05. The molecule has 0 radical (unpaired) electrons. The number of amides is 3. The first-order chi connectivity index (χ1) is 5.11. The maximum Gasteiger partial charge on any atom is 0.413 e. The Morgan fingerprint density at radius 2 is 2.27 bits per heavy atom.